The van der Waals surface area contributed by atoms with Crippen LogP contribution in [0.1, 0.15) is 24.6 Å². The fourth-order valence-electron chi connectivity index (χ4n) is 2.89. The molecule has 5 rings (SSSR count). The first-order chi connectivity index (χ1) is 12.8. The van der Waals surface area contributed by atoms with E-state index in [9.17, 15) is 4.79 Å². The Bertz CT molecular complexity index is 1140. The molecule has 130 valence electrons. The molecule has 8 nitrogen and oxygen atoms in total. The van der Waals surface area contributed by atoms with E-state index in [2.05, 4.69) is 25.8 Å². The minimum Gasteiger partial charge on any atom is -0.379 e. The molecule has 0 aliphatic heterocycles. The SMILES string of the molecule is O=c1cc(CNc2cccc(-c3nnnn3C3CC3)c2)nc2sccn12. The van der Waals surface area contributed by atoms with Gasteiger partial charge in [-0.1, -0.05) is 12.1 Å². The summed E-state index contributed by atoms with van der Waals surface area (Å²) in [5.41, 5.74) is 2.55. The van der Waals surface area contributed by atoms with Gasteiger partial charge in [0.1, 0.15) is 0 Å². The summed E-state index contributed by atoms with van der Waals surface area (Å²) in [5, 5.41) is 17.3. The topological polar surface area (TPSA) is 90.0 Å². The maximum absolute atomic E-state index is 12.1. The summed E-state index contributed by atoms with van der Waals surface area (Å²) in [5.74, 6) is 0.785. The molecule has 3 heterocycles. The quantitative estimate of drug-likeness (QED) is 0.584. The van der Waals surface area contributed by atoms with E-state index in [0.717, 1.165) is 29.9 Å². The van der Waals surface area contributed by atoms with Crippen LogP contribution in [0.5, 0.6) is 0 Å². The van der Waals surface area contributed by atoms with Crippen molar-refractivity contribution in [3.05, 3.63) is 58.0 Å². The molecule has 0 saturated heterocycles. The van der Waals surface area contributed by atoms with Gasteiger partial charge in [0.15, 0.2) is 10.8 Å². The Labute approximate surface area is 152 Å². The van der Waals surface area contributed by atoms with Crippen LogP contribution < -0.4 is 10.9 Å². The van der Waals surface area contributed by atoms with Crippen molar-refractivity contribution in [2.75, 3.05) is 5.32 Å². The molecule has 0 bridgehead atoms. The van der Waals surface area contributed by atoms with Crippen molar-refractivity contribution in [2.24, 2.45) is 0 Å². The second-order valence-electron chi connectivity index (χ2n) is 6.25. The van der Waals surface area contributed by atoms with Gasteiger partial charge < -0.3 is 5.32 Å². The number of thiazole rings is 1. The molecule has 26 heavy (non-hydrogen) atoms. The highest BCUT2D eigenvalue weighted by molar-refractivity contribution is 7.15. The van der Waals surface area contributed by atoms with Crippen molar-refractivity contribution < 1.29 is 0 Å². The number of rotatable bonds is 5. The van der Waals surface area contributed by atoms with E-state index in [1.165, 1.54) is 11.3 Å². The fourth-order valence-corrected chi connectivity index (χ4v) is 3.63. The Morgan fingerprint density at radius 2 is 2.19 bits per heavy atom. The molecule has 1 aromatic carbocycles. The van der Waals surface area contributed by atoms with Gasteiger partial charge in [0.25, 0.3) is 5.56 Å². The van der Waals surface area contributed by atoms with Crippen molar-refractivity contribution in [3.63, 3.8) is 0 Å². The Morgan fingerprint density at radius 3 is 3.08 bits per heavy atom. The van der Waals surface area contributed by atoms with Crippen molar-refractivity contribution in [3.8, 4) is 11.4 Å². The highest BCUT2D eigenvalue weighted by Gasteiger charge is 2.28. The van der Waals surface area contributed by atoms with Crippen LogP contribution in [0.3, 0.4) is 0 Å². The summed E-state index contributed by atoms with van der Waals surface area (Å²) in [4.78, 5) is 17.3. The average Bonchev–Trinajstić information content (AvgIpc) is 3.18. The zero-order chi connectivity index (χ0) is 17.5. The lowest BCUT2D eigenvalue weighted by molar-refractivity contribution is 0.615. The van der Waals surface area contributed by atoms with Crippen LogP contribution in [0.2, 0.25) is 0 Å². The van der Waals surface area contributed by atoms with Crippen molar-refractivity contribution in [2.45, 2.75) is 25.4 Å². The Balaban J connectivity index is 1.38. The first kappa shape index (κ1) is 15.2. The predicted octanol–water partition coefficient (Wildman–Crippen LogP) is 2.36. The van der Waals surface area contributed by atoms with Gasteiger partial charge in [0.2, 0.25) is 0 Å². The van der Waals surface area contributed by atoms with E-state index in [0.29, 0.717) is 23.2 Å². The standard InChI is InChI=1S/C17H15N7OS/c25-15-9-13(19-17-23(15)6-7-26-17)10-18-12-3-1-2-11(8-12)16-20-21-22-24(16)14-4-5-14/h1-3,6-9,14,18H,4-5,10H2. The molecule has 4 aromatic rings. The van der Waals surface area contributed by atoms with Crippen LogP contribution in [0, 0.1) is 0 Å². The molecule has 0 unspecified atom stereocenters. The molecule has 1 N–H and O–H groups in total. The molecule has 0 spiro atoms. The maximum atomic E-state index is 12.1. The van der Waals surface area contributed by atoms with Crippen LogP contribution in [0.4, 0.5) is 5.69 Å². The van der Waals surface area contributed by atoms with Crippen LogP contribution in [-0.2, 0) is 6.54 Å². The number of benzene rings is 1. The number of nitrogens with one attached hydrogen (secondary N) is 1. The molecule has 1 aliphatic carbocycles. The predicted molar refractivity (Wildman–Crippen MR) is 98.2 cm³/mol. The van der Waals surface area contributed by atoms with E-state index in [1.807, 2.05) is 34.3 Å². The molecular formula is C17H15N7OS. The molecule has 1 aliphatic rings. The third-order valence-electron chi connectivity index (χ3n) is 4.34. The monoisotopic (exact) mass is 365 g/mol. The third-order valence-corrected chi connectivity index (χ3v) is 5.09. The highest BCUT2D eigenvalue weighted by atomic mass is 32.1. The molecule has 3 aromatic heterocycles. The molecule has 0 atom stereocenters. The number of aromatic nitrogens is 6. The maximum Gasteiger partial charge on any atom is 0.258 e. The van der Waals surface area contributed by atoms with Gasteiger partial charge >= 0.3 is 0 Å². The first-order valence-electron chi connectivity index (χ1n) is 8.36. The van der Waals surface area contributed by atoms with E-state index < -0.39 is 0 Å². The number of hydrogen-bond donors (Lipinski definition) is 1. The van der Waals surface area contributed by atoms with Gasteiger partial charge in [0, 0.05) is 28.9 Å². The normalized spacial score (nSPS) is 14.0. The molecular weight excluding hydrogens is 350 g/mol. The summed E-state index contributed by atoms with van der Waals surface area (Å²) < 4.78 is 3.44. The summed E-state index contributed by atoms with van der Waals surface area (Å²) in [6.07, 6.45) is 3.99. The lowest BCUT2D eigenvalue weighted by Crippen LogP contribution is -2.14. The Kier molecular flexibility index (Phi) is 3.52. The number of anilines is 1. The van der Waals surface area contributed by atoms with Crippen LogP contribution >= 0.6 is 11.3 Å². The summed E-state index contributed by atoms with van der Waals surface area (Å²) >= 11 is 1.45. The smallest absolute Gasteiger partial charge is 0.258 e. The summed E-state index contributed by atoms with van der Waals surface area (Å²) in [6, 6.07) is 9.94. The molecule has 9 heteroatoms. The lowest BCUT2D eigenvalue weighted by atomic mass is 10.2. The number of tetrazole rings is 1. The van der Waals surface area contributed by atoms with Crippen LogP contribution in [0.25, 0.3) is 16.3 Å². The van der Waals surface area contributed by atoms with E-state index >= 15 is 0 Å². The van der Waals surface area contributed by atoms with Gasteiger partial charge in [-0.3, -0.25) is 9.20 Å². The number of hydrogen-bond acceptors (Lipinski definition) is 7. The number of nitrogens with zero attached hydrogens (tertiary/aromatic N) is 6. The van der Waals surface area contributed by atoms with Gasteiger partial charge in [-0.05, 0) is 35.4 Å². The van der Waals surface area contributed by atoms with Gasteiger partial charge in [-0.25, -0.2) is 9.67 Å². The largest absolute Gasteiger partial charge is 0.379 e. The van der Waals surface area contributed by atoms with E-state index in [1.54, 1.807) is 16.7 Å². The average molecular weight is 365 g/mol. The minimum absolute atomic E-state index is 0.0644. The number of fused-ring (bicyclic) bond motifs is 1. The zero-order valence-corrected chi connectivity index (χ0v) is 14.6. The molecule has 0 radical (unpaired) electrons. The second-order valence-corrected chi connectivity index (χ2v) is 7.13. The summed E-state index contributed by atoms with van der Waals surface area (Å²) in [6.45, 7) is 0.473. The zero-order valence-electron chi connectivity index (χ0n) is 13.7. The molecule has 0 amide bonds. The van der Waals surface area contributed by atoms with Gasteiger partial charge in [0.05, 0.1) is 18.3 Å². The highest BCUT2D eigenvalue weighted by Crippen LogP contribution is 2.36. The molecule has 1 fully saturated rings. The van der Waals surface area contributed by atoms with Gasteiger partial charge in [-0.15, -0.1) is 16.4 Å². The van der Waals surface area contributed by atoms with Crippen LogP contribution in [0.15, 0.2) is 46.7 Å². The van der Waals surface area contributed by atoms with Crippen molar-refractivity contribution in [1.82, 2.24) is 29.6 Å². The van der Waals surface area contributed by atoms with E-state index in [4.69, 9.17) is 0 Å². The second kappa shape index (κ2) is 6.03. The molecule has 1 saturated carbocycles. The first-order valence-corrected chi connectivity index (χ1v) is 9.24. The summed E-state index contributed by atoms with van der Waals surface area (Å²) in [7, 11) is 0. The Hall–Kier alpha value is -3.07. The van der Waals surface area contributed by atoms with Crippen molar-refractivity contribution in [1.29, 1.82) is 0 Å². The minimum atomic E-state index is -0.0644. The van der Waals surface area contributed by atoms with Crippen LogP contribution in [-0.4, -0.2) is 29.6 Å². The lowest BCUT2D eigenvalue weighted by Gasteiger charge is -2.08. The fraction of sp³-hybridized carbons (Fsp3) is 0.235. The third kappa shape index (κ3) is 2.76. The van der Waals surface area contributed by atoms with Crippen molar-refractivity contribution >= 4 is 22.0 Å². The van der Waals surface area contributed by atoms with Gasteiger partial charge in [-0.2, -0.15) is 0 Å². The Morgan fingerprint density at radius 1 is 1.27 bits per heavy atom. The van der Waals surface area contributed by atoms with E-state index in [-0.39, 0.29) is 5.56 Å².